The van der Waals surface area contributed by atoms with E-state index in [9.17, 15) is 18.8 Å². The number of nitrogens with zero attached hydrogens (tertiary/aromatic N) is 1. The molecular formula is C33H25ClFIN2O6. The van der Waals surface area contributed by atoms with E-state index < -0.39 is 17.8 Å². The van der Waals surface area contributed by atoms with Gasteiger partial charge in [0.1, 0.15) is 30.4 Å². The summed E-state index contributed by atoms with van der Waals surface area (Å²) in [6.07, 6.45) is 1.38. The molecule has 0 bridgehead atoms. The van der Waals surface area contributed by atoms with Gasteiger partial charge in [-0.1, -0.05) is 48.0 Å². The maximum Gasteiger partial charge on any atom is 0.335 e. The van der Waals surface area contributed by atoms with Gasteiger partial charge in [0, 0.05) is 16.1 Å². The average Bonchev–Trinajstić information content (AvgIpc) is 3.00. The van der Waals surface area contributed by atoms with Gasteiger partial charge in [0.05, 0.1) is 15.9 Å². The molecule has 0 unspecified atom stereocenters. The smallest absolute Gasteiger partial charge is 0.335 e. The number of anilines is 1. The van der Waals surface area contributed by atoms with Crippen LogP contribution in [0.15, 0.2) is 90.5 Å². The molecule has 4 amide bonds. The number of halogens is 3. The van der Waals surface area contributed by atoms with Crippen LogP contribution in [-0.4, -0.2) is 24.5 Å². The summed E-state index contributed by atoms with van der Waals surface area (Å²) in [4.78, 5) is 39.9. The quantitative estimate of drug-likeness (QED) is 0.105. The van der Waals surface area contributed by atoms with Crippen LogP contribution in [0.5, 0.6) is 17.2 Å². The highest BCUT2D eigenvalue weighted by Crippen LogP contribution is 2.36. The molecule has 1 aliphatic rings. The van der Waals surface area contributed by atoms with Gasteiger partial charge in [-0.05, 0) is 89.7 Å². The number of nitrogens with one attached hydrogen (secondary N) is 1. The Hall–Kier alpha value is -4.42. The van der Waals surface area contributed by atoms with Gasteiger partial charge in [-0.2, -0.15) is 0 Å². The third-order valence-electron chi connectivity index (χ3n) is 6.52. The molecule has 1 saturated heterocycles. The Kier molecular flexibility index (Phi) is 9.81. The standard InChI is InChI=1S/C33H25ClFIN2O6/c1-2-42-29-17-20(16-28(36)30(29)44-19-22-8-4-6-10-27(22)35)15-25-31(39)37-33(41)38(32(25)40)23-11-13-24(14-12-23)43-18-21-7-3-5-9-26(21)34/h3-17H,2,18-19H2,1H3,(H,37,39,41)/b25-15+. The summed E-state index contributed by atoms with van der Waals surface area (Å²) >= 11 is 8.23. The fourth-order valence-electron chi connectivity index (χ4n) is 4.37. The van der Waals surface area contributed by atoms with Crippen molar-refractivity contribution in [3.05, 3.63) is 122 Å². The van der Waals surface area contributed by atoms with Gasteiger partial charge in [0.25, 0.3) is 11.8 Å². The third-order valence-corrected chi connectivity index (χ3v) is 7.69. The zero-order valence-corrected chi connectivity index (χ0v) is 26.2. The van der Waals surface area contributed by atoms with Crippen LogP contribution < -0.4 is 24.4 Å². The number of hydrogen-bond donors (Lipinski definition) is 1. The van der Waals surface area contributed by atoms with E-state index in [0.29, 0.717) is 43.6 Å². The molecule has 0 radical (unpaired) electrons. The molecule has 5 rings (SSSR count). The molecule has 44 heavy (non-hydrogen) atoms. The molecule has 1 heterocycles. The van der Waals surface area contributed by atoms with Crippen LogP contribution in [0, 0.1) is 9.39 Å². The highest BCUT2D eigenvalue weighted by atomic mass is 127. The first-order chi connectivity index (χ1) is 21.2. The van der Waals surface area contributed by atoms with E-state index in [1.54, 1.807) is 67.6 Å². The molecule has 0 atom stereocenters. The summed E-state index contributed by atoms with van der Waals surface area (Å²) in [5.41, 5.74) is 1.65. The molecule has 8 nitrogen and oxygen atoms in total. The lowest BCUT2D eigenvalue weighted by molar-refractivity contribution is -0.122. The molecule has 1 aliphatic heterocycles. The van der Waals surface area contributed by atoms with Crippen LogP contribution in [0.25, 0.3) is 6.08 Å². The predicted octanol–water partition coefficient (Wildman–Crippen LogP) is 7.31. The van der Waals surface area contributed by atoms with E-state index in [4.69, 9.17) is 25.8 Å². The molecule has 0 spiro atoms. The minimum absolute atomic E-state index is 0.0228. The normalized spacial score (nSPS) is 14.0. The highest BCUT2D eigenvalue weighted by molar-refractivity contribution is 14.1. The largest absolute Gasteiger partial charge is 0.490 e. The Bertz CT molecular complexity index is 1760. The van der Waals surface area contributed by atoms with Gasteiger partial charge >= 0.3 is 6.03 Å². The van der Waals surface area contributed by atoms with Crippen LogP contribution in [0.1, 0.15) is 23.6 Å². The van der Waals surface area contributed by atoms with Crippen LogP contribution in [-0.2, 0) is 22.8 Å². The van der Waals surface area contributed by atoms with Crippen molar-refractivity contribution in [2.75, 3.05) is 11.5 Å². The van der Waals surface area contributed by atoms with Crippen molar-refractivity contribution in [1.82, 2.24) is 5.32 Å². The van der Waals surface area contributed by atoms with Crippen molar-refractivity contribution in [3.8, 4) is 17.2 Å². The fourth-order valence-corrected chi connectivity index (χ4v) is 5.34. The van der Waals surface area contributed by atoms with Gasteiger partial charge in [0.2, 0.25) is 0 Å². The number of benzene rings is 4. The number of urea groups is 1. The predicted molar refractivity (Wildman–Crippen MR) is 172 cm³/mol. The second kappa shape index (κ2) is 13.9. The molecule has 1 fully saturated rings. The van der Waals surface area contributed by atoms with E-state index >= 15 is 0 Å². The lowest BCUT2D eigenvalue weighted by atomic mass is 10.1. The molecule has 1 N–H and O–H groups in total. The lowest BCUT2D eigenvalue weighted by Crippen LogP contribution is -2.54. The number of amides is 4. The zero-order chi connectivity index (χ0) is 31.2. The Balaban J connectivity index is 1.36. The Morgan fingerprint density at radius 2 is 1.57 bits per heavy atom. The van der Waals surface area contributed by atoms with Crippen molar-refractivity contribution in [2.45, 2.75) is 20.1 Å². The summed E-state index contributed by atoms with van der Waals surface area (Å²) in [6, 6.07) is 22.4. The maximum absolute atomic E-state index is 14.1. The van der Waals surface area contributed by atoms with Crippen LogP contribution >= 0.6 is 34.2 Å². The van der Waals surface area contributed by atoms with E-state index in [1.807, 2.05) is 40.8 Å². The summed E-state index contributed by atoms with van der Waals surface area (Å²) in [7, 11) is 0. The van der Waals surface area contributed by atoms with Crippen molar-refractivity contribution in [3.63, 3.8) is 0 Å². The Morgan fingerprint density at radius 3 is 2.27 bits per heavy atom. The highest BCUT2D eigenvalue weighted by Gasteiger charge is 2.37. The number of imide groups is 2. The molecule has 4 aromatic carbocycles. The summed E-state index contributed by atoms with van der Waals surface area (Å²) in [5.74, 6) is -0.764. The first kappa shape index (κ1) is 31.0. The number of hydrogen-bond acceptors (Lipinski definition) is 6. The van der Waals surface area contributed by atoms with Crippen molar-refractivity contribution < 1.29 is 33.0 Å². The second-order valence-corrected chi connectivity index (χ2v) is 11.0. The molecule has 4 aromatic rings. The number of carbonyl (C=O) groups excluding carboxylic acids is 3. The second-order valence-electron chi connectivity index (χ2n) is 9.47. The van der Waals surface area contributed by atoms with Crippen LogP contribution in [0.2, 0.25) is 5.02 Å². The fraction of sp³-hybridized carbons (Fsp3) is 0.121. The monoisotopic (exact) mass is 726 g/mol. The van der Waals surface area contributed by atoms with Gasteiger partial charge in [-0.25, -0.2) is 14.1 Å². The van der Waals surface area contributed by atoms with Crippen molar-refractivity contribution in [2.24, 2.45) is 0 Å². The molecule has 11 heteroatoms. The number of ether oxygens (including phenoxy) is 3. The summed E-state index contributed by atoms with van der Waals surface area (Å²) in [6.45, 7) is 2.32. The van der Waals surface area contributed by atoms with Gasteiger partial charge in [-0.15, -0.1) is 0 Å². The zero-order valence-electron chi connectivity index (χ0n) is 23.3. The molecule has 0 aliphatic carbocycles. The van der Waals surface area contributed by atoms with Crippen LogP contribution in [0.4, 0.5) is 14.9 Å². The summed E-state index contributed by atoms with van der Waals surface area (Å²) in [5, 5.41) is 2.81. The van der Waals surface area contributed by atoms with E-state index in [-0.39, 0.29) is 30.3 Å². The van der Waals surface area contributed by atoms with Gasteiger partial charge in [0.15, 0.2) is 11.5 Å². The molecule has 0 saturated carbocycles. The number of barbiturate groups is 1. The van der Waals surface area contributed by atoms with E-state index in [1.165, 1.54) is 12.1 Å². The van der Waals surface area contributed by atoms with Crippen molar-refractivity contribution >= 4 is 63.8 Å². The number of rotatable bonds is 10. The van der Waals surface area contributed by atoms with Gasteiger partial charge < -0.3 is 14.2 Å². The number of carbonyl (C=O) groups is 3. The molecule has 224 valence electrons. The molecule has 0 aromatic heterocycles. The van der Waals surface area contributed by atoms with Crippen LogP contribution in [0.3, 0.4) is 0 Å². The maximum atomic E-state index is 14.1. The Labute approximate surface area is 271 Å². The minimum atomic E-state index is -0.872. The van der Waals surface area contributed by atoms with Gasteiger partial charge in [-0.3, -0.25) is 14.9 Å². The first-order valence-corrected chi connectivity index (χ1v) is 14.9. The summed E-state index contributed by atoms with van der Waals surface area (Å²) < 4.78 is 32.2. The SMILES string of the molecule is CCOc1cc(/C=C2\C(=O)NC(=O)N(c3ccc(OCc4ccccc4Cl)cc3)C2=O)cc(I)c1OCc1ccccc1F. The average molecular weight is 727 g/mol. The molecular weight excluding hydrogens is 702 g/mol. The lowest BCUT2D eigenvalue weighted by Gasteiger charge is -2.26. The third kappa shape index (κ3) is 7.03. The Morgan fingerprint density at radius 1 is 0.886 bits per heavy atom. The van der Waals surface area contributed by atoms with Crippen molar-refractivity contribution in [1.29, 1.82) is 0 Å². The minimum Gasteiger partial charge on any atom is -0.490 e. The first-order valence-electron chi connectivity index (χ1n) is 13.5. The van der Waals surface area contributed by atoms with E-state index in [0.717, 1.165) is 10.5 Å². The van der Waals surface area contributed by atoms with E-state index in [2.05, 4.69) is 5.32 Å². The topological polar surface area (TPSA) is 94.2 Å².